The molecule has 1 saturated carbocycles. The van der Waals surface area contributed by atoms with E-state index in [1.807, 2.05) is 18.2 Å². The van der Waals surface area contributed by atoms with Crippen LogP contribution in [-0.4, -0.2) is 46.9 Å². The molecule has 0 radical (unpaired) electrons. The number of aliphatic hydroxyl groups excluding tert-OH is 1. The molecular weight excluding hydrogens is 493 g/mol. The number of nitrogens with one attached hydrogen (secondary N) is 1. The van der Waals surface area contributed by atoms with Crippen LogP contribution in [0.5, 0.6) is 11.5 Å². The van der Waals surface area contributed by atoms with E-state index in [0.29, 0.717) is 41.2 Å². The lowest BCUT2D eigenvalue weighted by Gasteiger charge is -2.27. The minimum atomic E-state index is -0.606. The molecule has 2 aromatic carbocycles. The number of ether oxygens (including phenoxy) is 2. The van der Waals surface area contributed by atoms with Crippen LogP contribution >= 0.6 is 22.9 Å². The van der Waals surface area contributed by atoms with Crippen LogP contribution in [0.1, 0.15) is 41.3 Å². The predicted octanol–water partition coefficient (Wildman–Crippen LogP) is 4.49. The average Bonchev–Trinajstić information content (AvgIpc) is 3.12. The number of benzene rings is 2. The number of amides is 1. The van der Waals surface area contributed by atoms with E-state index in [4.69, 9.17) is 21.1 Å². The number of aliphatic hydroxyl groups is 1. The summed E-state index contributed by atoms with van der Waals surface area (Å²) >= 11 is 7.78. The molecule has 1 aromatic heterocycles. The van der Waals surface area contributed by atoms with E-state index >= 15 is 0 Å². The standard InChI is InChI=1S/C25H23ClFN3O4S/c26-18-10-15(27)2-3-17(18)22(30-8-5-16(31)12-30)21-11-28-24(35-21)29-23(32)25(6-7-25)14-1-4-19-20(9-14)34-13-33-19/h1-4,9-11,16,22,31H,5-8,12-13H2,(H,28,29,32). The van der Waals surface area contributed by atoms with Crippen LogP contribution in [0, 0.1) is 5.82 Å². The number of anilines is 1. The molecule has 1 aliphatic carbocycles. The lowest BCUT2D eigenvalue weighted by molar-refractivity contribution is -0.118. The number of thiazole rings is 1. The molecule has 2 fully saturated rings. The highest BCUT2D eigenvalue weighted by atomic mass is 35.5. The quantitative estimate of drug-likeness (QED) is 0.503. The van der Waals surface area contributed by atoms with Crippen molar-refractivity contribution >= 4 is 34.0 Å². The molecule has 2 N–H and O–H groups in total. The van der Waals surface area contributed by atoms with Crippen LogP contribution in [-0.2, 0) is 10.2 Å². The number of nitrogens with zero attached hydrogens (tertiary/aromatic N) is 2. The summed E-state index contributed by atoms with van der Waals surface area (Å²) in [6, 6.07) is 9.69. The Hall–Kier alpha value is -2.72. The van der Waals surface area contributed by atoms with Gasteiger partial charge >= 0.3 is 0 Å². The van der Waals surface area contributed by atoms with Gasteiger partial charge in [-0.3, -0.25) is 9.69 Å². The molecule has 35 heavy (non-hydrogen) atoms. The maximum Gasteiger partial charge on any atom is 0.236 e. The van der Waals surface area contributed by atoms with Crippen LogP contribution in [0.2, 0.25) is 5.02 Å². The fourth-order valence-electron chi connectivity index (χ4n) is 4.91. The molecule has 3 heterocycles. The van der Waals surface area contributed by atoms with Gasteiger partial charge in [0, 0.05) is 29.2 Å². The molecule has 3 aromatic rings. The number of carbonyl (C=O) groups excluding carboxylic acids is 1. The third kappa shape index (κ3) is 4.16. The predicted molar refractivity (Wildman–Crippen MR) is 130 cm³/mol. The van der Waals surface area contributed by atoms with Gasteiger partial charge < -0.3 is 19.9 Å². The lowest BCUT2D eigenvalue weighted by Crippen LogP contribution is -2.28. The maximum atomic E-state index is 13.7. The number of carbonyl (C=O) groups is 1. The molecule has 10 heteroatoms. The Kier molecular flexibility index (Phi) is 5.68. The van der Waals surface area contributed by atoms with Crippen molar-refractivity contribution in [3.05, 3.63) is 69.4 Å². The number of β-amino-alcohol motifs (C(OH)–C–C–N with tert-alkyl or cyclic N) is 1. The van der Waals surface area contributed by atoms with Crippen LogP contribution in [0.4, 0.5) is 9.52 Å². The summed E-state index contributed by atoms with van der Waals surface area (Å²) in [5.41, 5.74) is 1.03. The van der Waals surface area contributed by atoms with Crippen molar-refractivity contribution in [2.24, 2.45) is 0 Å². The Morgan fingerprint density at radius 3 is 2.83 bits per heavy atom. The molecule has 2 unspecified atom stereocenters. The summed E-state index contributed by atoms with van der Waals surface area (Å²) in [4.78, 5) is 20.7. The normalized spacial score (nSPS) is 21.2. The molecule has 1 amide bonds. The Bertz CT molecular complexity index is 1300. The maximum absolute atomic E-state index is 13.7. The van der Waals surface area contributed by atoms with Gasteiger partial charge in [0.15, 0.2) is 16.6 Å². The fraction of sp³-hybridized carbons (Fsp3) is 0.360. The zero-order chi connectivity index (χ0) is 24.2. The van der Waals surface area contributed by atoms with Gasteiger partial charge in [-0.2, -0.15) is 0 Å². The van der Waals surface area contributed by atoms with E-state index in [1.165, 1.54) is 23.5 Å². The van der Waals surface area contributed by atoms with Gasteiger partial charge in [-0.1, -0.05) is 35.1 Å². The van der Waals surface area contributed by atoms with Crippen molar-refractivity contribution < 1.29 is 23.8 Å². The number of likely N-dealkylation sites (tertiary alicyclic amines) is 1. The van der Waals surface area contributed by atoms with Gasteiger partial charge in [-0.15, -0.1) is 0 Å². The highest BCUT2D eigenvalue weighted by Gasteiger charge is 2.52. The van der Waals surface area contributed by atoms with Gasteiger partial charge in [-0.05, 0) is 54.7 Å². The van der Waals surface area contributed by atoms with Crippen LogP contribution in [0.25, 0.3) is 0 Å². The van der Waals surface area contributed by atoms with Crippen LogP contribution < -0.4 is 14.8 Å². The van der Waals surface area contributed by atoms with Gasteiger partial charge in [0.2, 0.25) is 12.7 Å². The van der Waals surface area contributed by atoms with Gasteiger partial charge in [0.05, 0.1) is 17.6 Å². The smallest absolute Gasteiger partial charge is 0.236 e. The Morgan fingerprint density at radius 1 is 1.26 bits per heavy atom. The first-order chi connectivity index (χ1) is 16.9. The van der Waals surface area contributed by atoms with E-state index in [9.17, 15) is 14.3 Å². The molecule has 6 rings (SSSR count). The summed E-state index contributed by atoms with van der Waals surface area (Å²) in [6.07, 6.45) is 3.43. The van der Waals surface area contributed by atoms with Crippen molar-refractivity contribution in [3.8, 4) is 11.5 Å². The van der Waals surface area contributed by atoms with Crippen molar-refractivity contribution in [2.45, 2.75) is 36.8 Å². The minimum absolute atomic E-state index is 0.106. The molecular formula is C25H23ClFN3O4S. The third-order valence-corrected chi connectivity index (χ3v) is 8.23. The second-order valence-electron chi connectivity index (χ2n) is 9.18. The number of rotatable bonds is 6. The van der Waals surface area contributed by atoms with Crippen molar-refractivity contribution in [2.75, 3.05) is 25.2 Å². The number of hydrogen-bond acceptors (Lipinski definition) is 7. The van der Waals surface area contributed by atoms with Gasteiger partial charge in [0.25, 0.3) is 0 Å². The van der Waals surface area contributed by atoms with Crippen LogP contribution in [0.15, 0.2) is 42.6 Å². The summed E-state index contributed by atoms with van der Waals surface area (Å²) in [7, 11) is 0. The van der Waals surface area contributed by atoms with Crippen molar-refractivity contribution in [1.29, 1.82) is 0 Å². The SMILES string of the molecule is O=C(Nc1ncc(C(c2ccc(F)cc2Cl)N2CCC(O)C2)s1)C1(c2ccc3c(c2)OCO3)CC1. The molecule has 3 aliphatic rings. The molecule has 0 spiro atoms. The van der Waals surface area contributed by atoms with Gasteiger partial charge in [0.1, 0.15) is 5.82 Å². The van der Waals surface area contributed by atoms with Crippen LogP contribution in [0.3, 0.4) is 0 Å². The largest absolute Gasteiger partial charge is 0.454 e. The van der Waals surface area contributed by atoms with Gasteiger partial charge in [-0.25, -0.2) is 9.37 Å². The molecule has 1 saturated heterocycles. The van der Waals surface area contributed by atoms with E-state index < -0.39 is 17.3 Å². The van der Waals surface area contributed by atoms with E-state index in [0.717, 1.165) is 28.8 Å². The zero-order valence-electron chi connectivity index (χ0n) is 18.7. The molecule has 0 bridgehead atoms. The molecule has 182 valence electrons. The average molecular weight is 516 g/mol. The number of halogens is 2. The topological polar surface area (TPSA) is 83.9 Å². The molecule has 2 atom stereocenters. The first-order valence-corrected chi connectivity index (χ1v) is 12.7. The Labute approximate surface area is 210 Å². The number of hydrogen-bond donors (Lipinski definition) is 2. The van der Waals surface area contributed by atoms with E-state index in [1.54, 1.807) is 12.3 Å². The van der Waals surface area contributed by atoms with E-state index in [-0.39, 0.29) is 18.7 Å². The summed E-state index contributed by atoms with van der Waals surface area (Å²) in [6.45, 7) is 1.34. The first kappa shape index (κ1) is 22.7. The Balaban J connectivity index is 1.25. The monoisotopic (exact) mass is 515 g/mol. The first-order valence-electron chi connectivity index (χ1n) is 11.5. The number of fused-ring (bicyclic) bond motifs is 1. The molecule has 2 aliphatic heterocycles. The van der Waals surface area contributed by atoms with E-state index in [2.05, 4.69) is 15.2 Å². The molecule has 7 nitrogen and oxygen atoms in total. The van der Waals surface area contributed by atoms with Crippen molar-refractivity contribution in [1.82, 2.24) is 9.88 Å². The number of aromatic nitrogens is 1. The minimum Gasteiger partial charge on any atom is -0.454 e. The highest BCUT2D eigenvalue weighted by Crippen LogP contribution is 2.51. The Morgan fingerprint density at radius 2 is 2.09 bits per heavy atom. The zero-order valence-corrected chi connectivity index (χ0v) is 20.2. The lowest BCUT2D eigenvalue weighted by atomic mass is 9.94. The highest BCUT2D eigenvalue weighted by molar-refractivity contribution is 7.15. The second-order valence-corrected chi connectivity index (χ2v) is 10.6. The van der Waals surface area contributed by atoms with Crippen molar-refractivity contribution in [3.63, 3.8) is 0 Å². The summed E-state index contributed by atoms with van der Waals surface area (Å²) in [5.74, 6) is 0.830. The second kappa shape index (κ2) is 8.74. The fourth-order valence-corrected chi connectivity index (χ4v) is 6.15. The third-order valence-electron chi connectivity index (χ3n) is 6.94. The summed E-state index contributed by atoms with van der Waals surface area (Å²) < 4.78 is 24.6. The summed E-state index contributed by atoms with van der Waals surface area (Å²) in [5, 5.41) is 13.9.